The summed E-state index contributed by atoms with van der Waals surface area (Å²) in [4.78, 5) is 11.9. The Bertz CT molecular complexity index is 243. The Kier molecular flexibility index (Phi) is 5.36. The highest BCUT2D eigenvalue weighted by atomic mass is 32.2. The summed E-state index contributed by atoms with van der Waals surface area (Å²) in [5.74, 6) is 4.33. The average molecular weight is 256 g/mol. The number of thioether (sulfide) groups is 1. The van der Waals surface area contributed by atoms with Crippen molar-refractivity contribution < 1.29 is 9.53 Å². The molecule has 1 heterocycles. The summed E-state index contributed by atoms with van der Waals surface area (Å²) in [6.45, 7) is 2.85. The third-order valence-corrected chi connectivity index (χ3v) is 5.02. The van der Waals surface area contributed by atoms with Crippen molar-refractivity contribution in [1.82, 2.24) is 0 Å². The highest BCUT2D eigenvalue weighted by molar-refractivity contribution is 7.99. The van der Waals surface area contributed by atoms with Crippen molar-refractivity contribution in [3.05, 3.63) is 0 Å². The van der Waals surface area contributed by atoms with Gasteiger partial charge in [0.25, 0.3) is 0 Å². The summed E-state index contributed by atoms with van der Waals surface area (Å²) in [5.41, 5.74) is 0. The second-order valence-electron chi connectivity index (χ2n) is 5.42. The molecule has 2 nitrogen and oxygen atoms in total. The van der Waals surface area contributed by atoms with Crippen molar-refractivity contribution >= 4 is 17.5 Å². The second kappa shape index (κ2) is 6.79. The van der Waals surface area contributed by atoms with Crippen molar-refractivity contribution in [2.24, 2.45) is 11.8 Å². The molecule has 3 heteroatoms. The fourth-order valence-electron chi connectivity index (χ4n) is 2.89. The molecule has 2 fully saturated rings. The fourth-order valence-corrected chi connectivity index (χ4v) is 4.09. The van der Waals surface area contributed by atoms with Gasteiger partial charge in [0.2, 0.25) is 0 Å². The molecule has 0 N–H and O–H groups in total. The lowest BCUT2D eigenvalue weighted by Gasteiger charge is -2.34. The first-order valence-corrected chi connectivity index (χ1v) is 8.14. The van der Waals surface area contributed by atoms with Crippen LogP contribution in [0.25, 0.3) is 0 Å². The fraction of sp³-hybridized carbons (Fsp3) is 0.929. The van der Waals surface area contributed by atoms with Crippen molar-refractivity contribution in [3.63, 3.8) is 0 Å². The highest BCUT2D eigenvalue weighted by Gasteiger charge is 2.31. The molecule has 0 aromatic rings. The van der Waals surface area contributed by atoms with E-state index in [1.54, 1.807) is 0 Å². The van der Waals surface area contributed by atoms with Gasteiger partial charge in [0.05, 0.1) is 6.10 Å². The maximum Gasteiger partial charge on any atom is 0.133 e. The van der Waals surface area contributed by atoms with Crippen LogP contribution in [-0.4, -0.2) is 30.0 Å². The minimum absolute atomic E-state index is 0.448. The number of rotatable bonds is 6. The van der Waals surface area contributed by atoms with Gasteiger partial charge in [0, 0.05) is 19.4 Å². The Hall–Kier alpha value is -0.0200. The van der Waals surface area contributed by atoms with Gasteiger partial charge in [-0.2, -0.15) is 11.8 Å². The molecule has 0 unspecified atom stereocenters. The van der Waals surface area contributed by atoms with Gasteiger partial charge in [-0.15, -0.1) is 0 Å². The Balaban J connectivity index is 1.58. The molecular formula is C14H24O2S. The molecule has 2 rings (SSSR count). The van der Waals surface area contributed by atoms with E-state index < -0.39 is 0 Å². The van der Waals surface area contributed by atoms with E-state index in [1.165, 1.54) is 24.3 Å². The molecule has 17 heavy (non-hydrogen) atoms. The minimum Gasteiger partial charge on any atom is -0.378 e. The molecule has 0 atom stereocenters. The zero-order chi connectivity index (χ0) is 12.1. The van der Waals surface area contributed by atoms with E-state index in [0.717, 1.165) is 32.3 Å². The molecule has 0 amide bonds. The van der Waals surface area contributed by atoms with Gasteiger partial charge in [0.15, 0.2) is 0 Å². The SMILES string of the molecule is CCOC1CC(CC(=O)CC2CCSCC2)C1. The normalized spacial score (nSPS) is 29.9. The largest absolute Gasteiger partial charge is 0.378 e. The zero-order valence-electron chi connectivity index (χ0n) is 10.8. The Morgan fingerprint density at radius 2 is 1.82 bits per heavy atom. The van der Waals surface area contributed by atoms with E-state index in [2.05, 4.69) is 0 Å². The topological polar surface area (TPSA) is 26.3 Å². The van der Waals surface area contributed by atoms with E-state index in [0.29, 0.717) is 23.7 Å². The van der Waals surface area contributed by atoms with Crippen LogP contribution in [0, 0.1) is 11.8 Å². The Morgan fingerprint density at radius 1 is 1.18 bits per heavy atom. The van der Waals surface area contributed by atoms with Crippen LogP contribution in [0.5, 0.6) is 0 Å². The van der Waals surface area contributed by atoms with Crippen LogP contribution in [0.4, 0.5) is 0 Å². The van der Waals surface area contributed by atoms with E-state index >= 15 is 0 Å². The molecule has 0 spiro atoms. The van der Waals surface area contributed by atoms with E-state index in [4.69, 9.17) is 4.74 Å². The second-order valence-corrected chi connectivity index (χ2v) is 6.64. The van der Waals surface area contributed by atoms with Gasteiger partial charge >= 0.3 is 0 Å². The molecule has 98 valence electrons. The third kappa shape index (κ3) is 4.29. The first-order valence-electron chi connectivity index (χ1n) is 6.99. The highest BCUT2D eigenvalue weighted by Crippen LogP contribution is 2.34. The smallest absolute Gasteiger partial charge is 0.133 e. The van der Waals surface area contributed by atoms with Crippen LogP contribution in [0.3, 0.4) is 0 Å². The number of hydrogen-bond donors (Lipinski definition) is 0. The van der Waals surface area contributed by atoms with Crippen molar-refractivity contribution in [3.8, 4) is 0 Å². The van der Waals surface area contributed by atoms with Gasteiger partial charge in [0.1, 0.15) is 5.78 Å². The molecule has 2 aliphatic rings. The van der Waals surface area contributed by atoms with Crippen LogP contribution in [0.15, 0.2) is 0 Å². The lowest BCUT2D eigenvalue weighted by atomic mass is 9.78. The average Bonchev–Trinajstić information content (AvgIpc) is 2.27. The van der Waals surface area contributed by atoms with Gasteiger partial charge in [-0.1, -0.05) is 0 Å². The van der Waals surface area contributed by atoms with Crippen LogP contribution in [0.1, 0.15) is 45.4 Å². The van der Waals surface area contributed by atoms with Gasteiger partial charge in [-0.05, 0) is 55.9 Å². The number of Topliss-reactive ketones (excluding diaryl/α,β-unsaturated/α-hetero) is 1. The zero-order valence-corrected chi connectivity index (χ0v) is 11.6. The molecule has 1 saturated heterocycles. The summed E-state index contributed by atoms with van der Waals surface area (Å²) in [7, 11) is 0. The predicted octanol–water partition coefficient (Wildman–Crippen LogP) is 3.29. The summed E-state index contributed by atoms with van der Waals surface area (Å²) in [6, 6.07) is 0. The van der Waals surface area contributed by atoms with Gasteiger partial charge in [-0.3, -0.25) is 4.79 Å². The Morgan fingerprint density at radius 3 is 2.47 bits per heavy atom. The Labute approximate surface area is 109 Å². The number of carbonyl (C=O) groups is 1. The number of ether oxygens (including phenoxy) is 1. The number of hydrogen-bond acceptors (Lipinski definition) is 3. The van der Waals surface area contributed by atoms with Crippen LogP contribution in [-0.2, 0) is 9.53 Å². The summed E-state index contributed by atoms with van der Waals surface area (Å²) in [6.07, 6.45) is 6.83. The van der Waals surface area contributed by atoms with E-state index in [9.17, 15) is 4.79 Å². The maximum atomic E-state index is 11.9. The third-order valence-electron chi connectivity index (χ3n) is 3.97. The quantitative estimate of drug-likeness (QED) is 0.729. The molecular weight excluding hydrogens is 232 g/mol. The molecule has 0 aromatic heterocycles. The molecule has 1 aliphatic heterocycles. The summed E-state index contributed by atoms with van der Waals surface area (Å²) < 4.78 is 5.53. The molecule has 0 aromatic carbocycles. The minimum atomic E-state index is 0.448. The molecule has 0 radical (unpaired) electrons. The van der Waals surface area contributed by atoms with Crippen LogP contribution >= 0.6 is 11.8 Å². The number of ketones is 1. The molecule has 0 bridgehead atoms. The maximum absolute atomic E-state index is 11.9. The van der Waals surface area contributed by atoms with Crippen molar-refractivity contribution in [1.29, 1.82) is 0 Å². The van der Waals surface area contributed by atoms with Crippen molar-refractivity contribution in [2.75, 3.05) is 18.1 Å². The molecule has 1 saturated carbocycles. The van der Waals surface area contributed by atoms with Crippen molar-refractivity contribution in [2.45, 2.75) is 51.6 Å². The monoisotopic (exact) mass is 256 g/mol. The molecule has 1 aliphatic carbocycles. The first kappa shape index (κ1) is 13.4. The lowest BCUT2D eigenvalue weighted by molar-refractivity contribution is -0.123. The summed E-state index contributed by atoms with van der Waals surface area (Å²) >= 11 is 2.03. The van der Waals surface area contributed by atoms with E-state index in [-0.39, 0.29) is 0 Å². The number of carbonyl (C=O) groups excluding carboxylic acids is 1. The van der Waals surface area contributed by atoms with Crippen LogP contribution < -0.4 is 0 Å². The van der Waals surface area contributed by atoms with Gasteiger partial charge in [-0.25, -0.2) is 0 Å². The lowest BCUT2D eigenvalue weighted by Crippen LogP contribution is -2.33. The predicted molar refractivity (Wildman–Crippen MR) is 72.4 cm³/mol. The van der Waals surface area contributed by atoms with Crippen LogP contribution in [0.2, 0.25) is 0 Å². The summed E-state index contributed by atoms with van der Waals surface area (Å²) in [5, 5.41) is 0. The van der Waals surface area contributed by atoms with E-state index in [1.807, 2.05) is 18.7 Å². The first-order chi connectivity index (χ1) is 8.28. The standard InChI is InChI=1S/C14H24O2S/c1-2-16-14-9-12(10-14)8-13(15)7-11-3-5-17-6-4-11/h11-12,14H,2-10H2,1H3. The van der Waals surface area contributed by atoms with Gasteiger partial charge < -0.3 is 4.74 Å².